The highest BCUT2D eigenvalue weighted by Gasteiger charge is 1.98. The van der Waals surface area contributed by atoms with Crippen LogP contribution in [0.4, 0.5) is 11.5 Å². The van der Waals surface area contributed by atoms with E-state index >= 15 is 0 Å². The molecule has 2 heterocycles. The van der Waals surface area contributed by atoms with Crippen molar-refractivity contribution < 1.29 is 0 Å². The number of aryl methyl sites for hydroxylation is 2. The summed E-state index contributed by atoms with van der Waals surface area (Å²) in [4.78, 5) is 8.50. The standard InChI is InChI=1S/C13H16N4/c1-9-6-16-13(5-12(9)14)17-8-11-4-3-10(2)15-7-11/h3-7H,8H2,1-2H3,(H3,14,16,17). The van der Waals surface area contributed by atoms with Crippen molar-refractivity contribution in [3.05, 3.63) is 47.4 Å². The van der Waals surface area contributed by atoms with Crippen molar-refractivity contribution in [3.8, 4) is 0 Å². The van der Waals surface area contributed by atoms with Gasteiger partial charge in [-0.15, -0.1) is 0 Å². The molecule has 0 atom stereocenters. The molecular weight excluding hydrogens is 212 g/mol. The Morgan fingerprint density at radius 1 is 1.18 bits per heavy atom. The minimum Gasteiger partial charge on any atom is -0.398 e. The van der Waals surface area contributed by atoms with Crippen molar-refractivity contribution in [1.82, 2.24) is 9.97 Å². The van der Waals surface area contributed by atoms with E-state index in [-0.39, 0.29) is 0 Å². The first-order valence-corrected chi connectivity index (χ1v) is 5.52. The van der Waals surface area contributed by atoms with Gasteiger partial charge in [-0.05, 0) is 31.0 Å². The summed E-state index contributed by atoms with van der Waals surface area (Å²) in [7, 11) is 0. The van der Waals surface area contributed by atoms with Gasteiger partial charge in [0.15, 0.2) is 0 Å². The molecule has 88 valence electrons. The minimum absolute atomic E-state index is 0.697. The lowest BCUT2D eigenvalue weighted by Crippen LogP contribution is -2.03. The highest BCUT2D eigenvalue weighted by Crippen LogP contribution is 2.14. The highest BCUT2D eigenvalue weighted by atomic mass is 15.0. The van der Waals surface area contributed by atoms with Gasteiger partial charge in [0, 0.05) is 36.4 Å². The fourth-order valence-corrected chi connectivity index (χ4v) is 1.43. The Bertz CT molecular complexity index is 505. The van der Waals surface area contributed by atoms with E-state index in [1.165, 1.54) is 0 Å². The van der Waals surface area contributed by atoms with Crippen LogP contribution in [0.2, 0.25) is 0 Å². The summed E-state index contributed by atoms with van der Waals surface area (Å²) in [6.07, 6.45) is 3.63. The van der Waals surface area contributed by atoms with Gasteiger partial charge in [0.2, 0.25) is 0 Å². The number of hydrogen-bond acceptors (Lipinski definition) is 4. The van der Waals surface area contributed by atoms with Crippen molar-refractivity contribution in [2.75, 3.05) is 11.1 Å². The molecule has 0 saturated heterocycles. The number of rotatable bonds is 3. The average molecular weight is 228 g/mol. The van der Waals surface area contributed by atoms with Gasteiger partial charge in [0.1, 0.15) is 5.82 Å². The molecule has 0 aliphatic carbocycles. The minimum atomic E-state index is 0.697. The summed E-state index contributed by atoms with van der Waals surface area (Å²) < 4.78 is 0. The first kappa shape index (κ1) is 11.4. The van der Waals surface area contributed by atoms with Crippen LogP contribution < -0.4 is 11.1 Å². The molecule has 0 aliphatic heterocycles. The van der Waals surface area contributed by atoms with E-state index in [1.54, 1.807) is 6.20 Å². The van der Waals surface area contributed by atoms with Gasteiger partial charge in [-0.2, -0.15) is 0 Å². The zero-order valence-corrected chi connectivity index (χ0v) is 10.1. The molecule has 0 aromatic carbocycles. The second-order valence-corrected chi connectivity index (χ2v) is 4.09. The van der Waals surface area contributed by atoms with E-state index in [0.717, 1.165) is 28.3 Å². The molecule has 0 spiro atoms. The lowest BCUT2D eigenvalue weighted by Gasteiger charge is -2.07. The third kappa shape index (κ3) is 2.93. The predicted molar refractivity (Wildman–Crippen MR) is 69.7 cm³/mol. The van der Waals surface area contributed by atoms with Crippen LogP contribution in [0.15, 0.2) is 30.6 Å². The quantitative estimate of drug-likeness (QED) is 0.846. The van der Waals surface area contributed by atoms with Gasteiger partial charge >= 0.3 is 0 Å². The molecule has 3 N–H and O–H groups in total. The topological polar surface area (TPSA) is 63.8 Å². The molecular formula is C13H16N4. The average Bonchev–Trinajstić information content (AvgIpc) is 2.33. The summed E-state index contributed by atoms with van der Waals surface area (Å²) in [5, 5.41) is 3.22. The third-order valence-corrected chi connectivity index (χ3v) is 2.59. The maximum Gasteiger partial charge on any atom is 0.128 e. The number of nitrogens with two attached hydrogens (primary N) is 1. The van der Waals surface area contributed by atoms with Gasteiger partial charge in [-0.1, -0.05) is 6.07 Å². The van der Waals surface area contributed by atoms with E-state index in [1.807, 2.05) is 38.2 Å². The first-order valence-electron chi connectivity index (χ1n) is 5.52. The molecule has 2 aromatic rings. The summed E-state index contributed by atoms with van der Waals surface area (Å²) in [6, 6.07) is 5.89. The van der Waals surface area contributed by atoms with Crippen LogP contribution in [-0.4, -0.2) is 9.97 Å². The molecule has 4 nitrogen and oxygen atoms in total. The Kier molecular flexibility index (Phi) is 3.23. The van der Waals surface area contributed by atoms with Crippen LogP contribution in [0.1, 0.15) is 16.8 Å². The molecule has 0 aliphatic rings. The monoisotopic (exact) mass is 228 g/mol. The Balaban J connectivity index is 2.02. The Morgan fingerprint density at radius 3 is 2.65 bits per heavy atom. The smallest absolute Gasteiger partial charge is 0.128 e. The fourth-order valence-electron chi connectivity index (χ4n) is 1.43. The summed E-state index contributed by atoms with van der Waals surface area (Å²) in [5.41, 5.74) is 9.71. The second-order valence-electron chi connectivity index (χ2n) is 4.09. The Hall–Kier alpha value is -2.10. The Morgan fingerprint density at radius 2 is 2.00 bits per heavy atom. The van der Waals surface area contributed by atoms with Crippen LogP contribution in [0.5, 0.6) is 0 Å². The molecule has 0 saturated carbocycles. The maximum absolute atomic E-state index is 5.82. The fraction of sp³-hybridized carbons (Fsp3) is 0.231. The van der Waals surface area contributed by atoms with Crippen LogP contribution in [0.25, 0.3) is 0 Å². The summed E-state index contributed by atoms with van der Waals surface area (Å²) in [5.74, 6) is 0.786. The Labute approximate surface area is 101 Å². The van der Waals surface area contributed by atoms with Crippen molar-refractivity contribution in [1.29, 1.82) is 0 Å². The van der Waals surface area contributed by atoms with E-state index in [4.69, 9.17) is 5.73 Å². The number of aromatic nitrogens is 2. The number of anilines is 2. The number of pyridine rings is 2. The van der Waals surface area contributed by atoms with Gasteiger partial charge in [-0.3, -0.25) is 4.98 Å². The van der Waals surface area contributed by atoms with E-state index in [0.29, 0.717) is 6.54 Å². The number of nitrogen functional groups attached to an aromatic ring is 1. The predicted octanol–water partition coefficient (Wildman–Crippen LogP) is 2.29. The van der Waals surface area contributed by atoms with E-state index < -0.39 is 0 Å². The number of hydrogen-bond donors (Lipinski definition) is 2. The van der Waals surface area contributed by atoms with Gasteiger partial charge < -0.3 is 11.1 Å². The molecule has 2 aromatic heterocycles. The van der Waals surface area contributed by atoms with Crippen LogP contribution in [0, 0.1) is 13.8 Å². The SMILES string of the molecule is Cc1ccc(CNc2cc(N)c(C)cn2)cn1. The van der Waals surface area contributed by atoms with Gasteiger partial charge in [0.25, 0.3) is 0 Å². The van der Waals surface area contributed by atoms with Crippen LogP contribution >= 0.6 is 0 Å². The van der Waals surface area contributed by atoms with Crippen molar-refractivity contribution >= 4 is 11.5 Å². The van der Waals surface area contributed by atoms with E-state index in [9.17, 15) is 0 Å². The van der Waals surface area contributed by atoms with Crippen molar-refractivity contribution in [3.63, 3.8) is 0 Å². The van der Waals surface area contributed by atoms with Gasteiger partial charge in [0.05, 0.1) is 0 Å². The third-order valence-electron chi connectivity index (χ3n) is 2.59. The second kappa shape index (κ2) is 4.82. The highest BCUT2D eigenvalue weighted by molar-refractivity contribution is 5.53. The van der Waals surface area contributed by atoms with Crippen molar-refractivity contribution in [2.24, 2.45) is 0 Å². The lowest BCUT2D eigenvalue weighted by molar-refractivity contribution is 1.07. The zero-order valence-electron chi connectivity index (χ0n) is 10.1. The molecule has 17 heavy (non-hydrogen) atoms. The molecule has 0 radical (unpaired) electrons. The van der Waals surface area contributed by atoms with Crippen molar-refractivity contribution in [2.45, 2.75) is 20.4 Å². The molecule has 0 unspecified atom stereocenters. The van der Waals surface area contributed by atoms with Crippen LogP contribution in [-0.2, 0) is 6.54 Å². The largest absolute Gasteiger partial charge is 0.398 e. The lowest BCUT2D eigenvalue weighted by atomic mass is 10.2. The first-order chi connectivity index (χ1) is 8.15. The zero-order chi connectivity index (χ0) is 12.3. The molecule has 4 heteroatoms. The number of nitrogens with zero attached hydrogens (tertiary/aromatic N) is 2. The van der Waals surface area contributed by atoms with Crippen LogP contribution in [0.3, 0.4) is 0 Å². The summed E-state index contributed by atoms with van der Waals surface area (Å²) in [6.45, 7) is 4.61. The number of nitrogens with one attached hydrogen (secondary N) is 1. The molecule has 0 fully saturated rings. The normalized spacial score (nSPS) is 10.2. The molecule has 0 amide bonds. The van der Waals surface area contributed by atoms with Gasteiger partial charge in [-0.25, -0.2) is 4.98 Å². The maximum atomic E-state index is 5.82. The summed E-state index contributed by atoms with van der Waals surface area (Å²) >= 11 is 0. The molecule has 2 rings (SSSR count). The molecule has 0 bridgehead atoms. The van der Waals surface area contributed by atoms with E-state index in [2.05, 4.69) is 15.3 Å².